The molecule has 3 rings (SSSR count). The van der Waals surface area contributed by atoms with Gasteiger partial charge in [0.25, 0.3) is 0 Å². The van der Waals surface area contributed by atoms with Gasteiger partial charge >= 0.3 is 5.97 Å². The Labute approximate surface area is 173 Å². The fourth-order valence-electron chi connectivity index (χ4n) is 3.03. The lowest BCUT2D eigenvalue weighted by Crippen LogP contribution is -2.48. The van der Waals surface area contributed by atoms with Crippen LogP contribution >= 0.6 is 11.6 Å². The Bertz CT molecular complexity index is 977. The van der Waals surface area contributed by atoms with Crippen LogP contribution in [0.3, 0.4) is 0 Å². The summed E-state index contributed by atoms with van der Waals surface area (Å²) in [6.45, 7) is 0.781. The molecule has 0 atom stereocenters. The number of esters is 1. The van der Waals surface area contributed by atoms with Crippen LogP contribution in [0.2, 0.25) is 5.02 Å². The normalized spacial score (nSPS) is 15.3. The molecule has 0 radical (unpaired) electrons. The van der Waals surface area contributed by atoms with Crippen molar-refractivity contribution in [3.8, 4) is 0 Å². The summed E-state index contributed by atoms with van der Waals surface area (Å²) in [5, 5.41) is 8.76. The number of aliphatic hydroxyl groups is 1. The Kier molecular flexibility index (Phi) is 6.74. The van der Waals surface area contributed by atoms with Crippen LogP contribution in [-0.2, 0) is 14.8 Å². The second-order valence-electron chi connectivity index (χ2n) is 6.37. The predicted molar refractivity (Wildman–Crippen MR) is 106 cm³/mol. The van der Waals surface area contributed by atoms with E-state index in [1.165, 1.54) is 34.6 Å². The average Bonchev–Trinajstić information content (AvgIpc) is 2.73. The first-order valence-electron chi connectivity index (χ1n) is 8.91. The highest BCUT2D eigenvalue weighted by Crippen LogP contribution is 2.28. The van der Waals surface area contributed by atoms with E-state index in [-0.39, 0.29) is 47.6 Å². The molecule has 1 aliphatic heterocycles. The largest absolute Gasteiger partial charge is 0.460 e. The van der Waals surface area contributed by atoms with Crippen LogP contribution in [0.5, 0.6) is 0 Å². The lowest BCUT2D eigenvalue weighted by Gasteiger charge is -2.35. The molecule has 1 heterocycles. The number of hydrogen-bond donors (Lipinski definition) is 1. The van der Waals surface area contributed by atoms with E-state index in [1.54, 1.807) is 12.1 Å². The number of rotatable bonds is 6. The number of halogens is 2. The van der Waals surface area contributed by atoms with Crippen molar-refractivity contribution in [3.05, 3.63) is 58.9 Å². The monoisotopic (exact) mass is 442 g/mol. The summed E-state index contributed by atoms with van der Waals surface area (Å²) in [7, 11) is -3.92. The molecule has 0 aromatic heterocycles. The van der Waals surface area contributed by atoms with E-state index in [9.17, 15) is 17.6 Å². The van der Waals surface area contributed by atoms with Gasteiger partial charge in [0.05, 0.1) is 17.2 Å². The minimum absolute atomic E-state index is 0.00433. The van der Waals surface area contributed by atoms with Crippen molar-refractivity contribution in [2.24, 2.45) is 0 Å². The number of nitrogens with zero attached hydrogens (tertiary/aromatic N) is 2. The van der Waals surface area contributed by atoms with Crippen molar-refractivity contribution < 1.29 is 27.4 Å². The molecule has 1 aliphatic rings. The second-order valence-corrected chi connectivity index (χ2v) is 8.69. The molecular weight excluding hydrogens is 423 g/mol. The van der Waals surface area contributed by atoms with Crippen molar-refractivity contribution in [2.75, 3.05) is 44.3 Å². The van der Waals surface area contributed by atoms with Crippen LogP contribution in [0.15, 0.2) is 47.4 Å². The third kappa shape index (κ3) is 4.87. The zero-order chi connectivity index (χ0) is 21.0. The highest BCUT2D eigenvalue weighted by molar-refractivity contribution is 7.89. The second kappa shape index (κ2) is 9.08. The standard InChI is InChI=1S/C19H20ClFN2O5S/c20-17-6-1-14(19(25)28-12-11-24)13-18(17)29(26,27)23-9-7-22(8-10-23)16-4-2-15(21)3-5-16/h1-6,13,24H,7-12H2. The third-order valence-electron chi connectivity index (χ3n) is 4.54. The molecule has 0 unspecified atom stereocenters. The SMILES string of the molecule is O=C(OCCO)c1ccc(Cl)c(S(=O)(=O)N2CCN(c3ccc(F)cc3)CC2)c1. The first kappa shape index (κ1) is 21.5. The first-order valence-corrected chi connectivity index (χ1v) is 10.7. The minimum atomic E-state index is -3.92. The zero-order valence-corrected chi connectivity index (χ0v) is 17.0. The topological polar surface area (TPSA) is 87.1 Å². The number of carbonyl (C=O) groups is 1. The Morgan fingerprint density at radius 2 is 1.76 bits per heavy atom. The average molecular weight is 443 g/mol. The summed E-state index contributed by atoms with van der Waals surface area (Å²) < 4.78 is 45.4. The Morgan fingerprint density at radius 3 is 2.38 bits per heavy atom. The highest BCUT2D eigenvalue weighted by Gasteiger charge is 2.31. The summed E-state index contributed by atoms with van der Waals surface area (Å²) in [6.07, 6.45) is 0. The molecule has 0 saturated carbocycles. The van der Waals surface area contributed by atoms with Crippen LogP contribution < -0.4 is 4.90 Å². The fraction of sp³-hybridized carbons (Fsp3) is 0.316. The number of piperazine rings is 1. The maximum Gasteiger partial charge on any atom is 0.338 e. The number of aliphatic hydroxyl groups excluding tert-OH is 1. The van der Waals surface area contributed by atoms with E-state index in [1.807, 2.05) is 4.90 Å². The van der Waals surface area contributed by atoms with Crippen molar-refractivity contribution in [1.29, 1.82) is 0 Å². The van der Waals surface area contributed by atoms with Crippen molar-refractivity contribution in [3.63, 3.8) is 0 Å². The molecule has 0 bridgehead atoms. The predicted octanol–water partition coefficient (Wildman–Crippen LogP) is 2.14. The van der Waals surface area contributed by atoms with Gasteiger partial charge in [-0.15, -0.1) is 0 Å². The van der Waals surface area contributed by atoms with Gasteiger partial charge in [-0.1, -0.05) is 11.6 Å². The van der Waals surface area contributed by atoms with E-state index in [2.05, 4.69) is 0 Å². The van der Waals surface area contributed by atoms with E-state index in [0.717, 1.165) is 5.69 Å². The van der Waals surface area contributed by atoms with Gasteiger partial charge in [-0.3, -0.25) is 0 Å². The zero-order valence-electron chi connectivity index (χ0n) is 15.4. The maximum absolute atomic E-state index is 13.1. The minimum Gasteiger partial charge on any atom is -0.460 e. The fourth-order valence-corrected chi connectivity index (χ4v) is 4.95. The van der Waals surface area contributed by atoms with E-state index in [0.29, 0.717) is 13.1 Å². The molecule has 1 saturated heterocycles. The molecule has 1 N–H and O–H groups in total. The number of ether oxygens (including phenoxy) is 1. The van der Waals surface area contributed by atoms with Gasteiger partial charge in [0.15, 0.2) is 0 Å². The highest BCUT2D eigenvalue weighted by atomic mass is 35.5. The molecular formula is C19H20ClFN2O5S. The molecule has 156 valence electrons. The van der Waals surface area contributed by atoms with Crippen molar-refractivity contribution >= 4 is 33.3 Å². The van der Waals surface area contributed by atoms with Crippen molar-refractivity contribution in [2.45, 2.75) is 4.90 Å². The molecule has 7 nitrogen and oxygen atoms in total. The molecule has 0 amide bonds. The smallest absolute Gasteiger partial charge is 0.338 e. The maximum atomic E-state index is 13.1. The third-order valence-corrected chi connectivity index (χ3v) is 6.92. The van der Waals surface area contributed by atoms with Gasteiger partial charge in [-0.05, 0) is 42.5 Å². The van der Waals surface area contributed by atoms with Crippen LogP contribution in [0, 0.1) is 5.82 Å². The first-order chi connectivity index (χ1) is 13.8. The summed E-state index contributed by atoms with van der Waals surface area (Å²) in [4.78, 5) is 13.8. The molecule has 2 aromatic rings. The van der Waals surface area contributed by atoms with E-state index >= 15 is 0 Å². The van der Waals surface area contributed by atoms with Crippen LogP contribution in [-0.4, -0.2) is 63.2 Å². The number of hydrogen-bond acceptors (Lipinski definition) is 6. The molecule has 0 aliphatic carbocycles. The van der Waals surface area contributed by atoms with Gasteiger partial charge in [0.2, 0.25) is 10.0 Å². The van der Waals surface area contributed by atoms with Gasteiger partial charge in [0, 0.05) is 31.9 Å². The molecule has 2 aromatic carbocycles. The number of carbonyl (C=O) groups excluding carboxylic acids is 1. The lowest BCUT2D eigenvalue weighted by atomic mass is 10.2. The van der Waals surface area contributed by atoms with Crippen molar-refractivity contribution in [1.82, 2.24) is 4.31 Å². The Hall–Kier alpha value is -2.20. The number of benzene rings is 2. The quantitative estimate of drug-likeness (QED) is 0.690. The van der Waals surface area contributed by atoms with Crippen LogP contribution in [0.25, 0.3) is 0 Å². The van der Waals surface area contributed by atoms with Crippen LogP contribution in [0.1, 0.15) is 10.4 Å². The Morgan fingerprint density at radius 1 is 1.10 bits per heavy atom. The lowest BCUT2D eigenvalue weighted by molar-refractivity contribution is 0.0433. The van der Waals surface area contributed by atoms with Gasteiger partial charge in [-0.2, -0.15) is 4.31 Å². The van der Waals surface area contributed by atoms with Crippen LogP contribution in [0.4, 0.5) is 10.1 Å². The molecule has 29 heavy (non-hydrogen) atoms. The summed E-state index contributed by atoms with van der Waals surface area (Å²) in [6, 6.07) is 9.91. The molecule has 10 heteroatoms. The Balaban J connectivity index is 1.76. The van der Waals surface area contributed by atoms with E-state index in [4.69, 9.17) is 21.4 Å². The van der Waals surface area contributed by atoms with Gasteiger partial charge < -0.3 is 14.7 Å². The summed E-state index contributed by atoms with van der Waals surface area (Å²) in [5.74, 6) is -1.07. The molecule has 0 spiro atoms. The molecule has 1 fully saturated rings. The number of anilines is 1. The summed E-state index contributed by atoms with van der Waals surface area (Å²) >= 11 is 6.10. The van der Waals surface area contributed by atoms with Gasteiger partial charge in [-0.25, -0.2) is 17.6 Å². The summed E-state index contributed by atoms with van der Waals surface area (Å²) in [5.41, 5.74) is 0.849. The number of sulfonamides is 1. The van der Waals surface area contributed by atoms with E-state index < -0.39 is 16.0 Å². The van der Waals surface area contributed by atoms with Gasteiger partial charge in [0.1, 0.15) is 17.3 Å².